The van der Waals surface area contributed by atoms with Crippen LogP contribution in [0.3, 0.4) is 0 Å². The van der Waals surface area contributed by atoms with Crippen LogP contribution >= 0.6 is 0 Å². The third kappa shape index (κ3) is 7.14. The van der Waals surface area contributed by atoms with E-state index in [1.54, 1.807) is 20.0 Å². The first-order valence-corrected chi connectivity index (χ1v) is 15.9. The van der Waals surface area contributed by atoms with E-state index >= 15 is 0 Å². The molecule has 4 aromatic carbocycles. The highest BCUT2D eigenvalue weighted by Crippen LogP contribution is 2.41. The van der Waals surface area contributed by atoms with Crippen LogP contribution in [-0.4, -0.2) is 23.1 Å². The van der Waals surface area contributed by atoms with Gasteiger partial charge in [-0.15, -0.1) is 0 Å². The number of nitrogens with zero attached hydrogens (tertiary/aromatic N) is 2. The van der Waals surface area contributed by atoms with Gasteiger partial charge in [-0.05, 0) is 48.2 Å². The maximum absolute atomic E-state index is 14.4. The van der Waals surface area contributed by atoms with Gasteiger partial charge in [0.05, 0.1) is 34.7 Å². The fourth-order valence-electron chi connectivity index (χ4n) is 6.06. The largest absolute Gasteiger partial charge is 0.452 e. The predicted molar refractivity (Wildman–Crippen MR) is 187 cm³/mol. The van der Waals surface area contributed by atoms with Gasteiger partial charge in [-0.2, -0.15) is 5.26 Å². The molecule has 1 unspecified atom stereocenters. The van der Waals surface area contributed by atoms with Crippen molar-refractivity contribution in [3.05, 3.63) is 161 Å². The molecule has 6 rings (SSSR count). The first kappa shape index (κ1) is 32.5. The molecular weight excluding hydrogens is 614 g/mol. The number of pyridine rings is 1. The third-order valence-corrected chi connectivity index (χ3v) is 8.49. The zero-order chi connectivity index (χ0) is 34.3. The zero-order valence-electron chi connectivity index (χ0n) is 27.1. The molecule has 3 atom stereocenters. The molecule has 4 N–H and O–H groups in total. The Morgan fingerprint density at radius 3 is 2.31 bits per heavy atom. The Kier molecular flexibility index (Phi) is 9.68. The van der Waals surface area contributed by atoms with E-state index in [9.17, 15) is 14.9 Å². The van der Waals surface area contributed by atoms with Crippen molar-refractivity contribution in [3.63, 3.8) is 0 Å². The number of dihydropyridines is 1. The van der Waals surface area contributed by atoms with Crippen LogP contribution in [0.25, 0.3) is 22.0 Å². The Morgan fingerprint density at radius 1 is 0.939 bits per heavy atom. The second-order valence-corrected chi connectivity index (χ2v) is 11.8. The molecule has 1 amide bonds. The van der Waals surface area contributed by atoms with Crippen molar-refractivity contribution in [2.75, 3.05) is 0 Å². The van der Waals surface area contributed by atoms with Crippen LogP contribution in [0.1, 0.15) is 42.6 Å². The molecule has 9 heteroatoms. The molecule has 2 heterocycles. The van der Waals surface area contributed by atoms with Crippen LogP contribution in [0, 0.1) is 11.3 Å². The molecule has 0 saturated heterocycles. The number of amides is 1. The molecule has 49 heavy (non-hydrogen) atoms. The van der Waals surface area contributed by atoms with Crippen LogP contribution in [0.15, 0.2) is 144 Å². The number of esters is 1. The van der Waals surface area contributed by atoms with Crippen molar-refractivity contribution >= 4 is 23.0 Å². The smallest absolute Gasteiger partial charge is 0.407 e. The van der Waals surface area contributed by atoms with E-state index in [0.717, 1.165) is 22.1 Å². The predicted octanol–water partition coefficient (Wildman–Crippen LogP) is 7.16. The molecule has 0 aliphatic carbocycles. The van der Waals surface area contributed by atoms with Crippen LogP contribution < -0.4 is 16.4 Å². The summed E-state index contributed by atoms with van der Waals surface area (Å²) in [5.74, 6) is -1.52. The molecule has 0 bridgehead atoms. The lowest BCUT2D eigenvalue weighted by atomic mass is 9.80. The number of benzene rings is 4. The lowest BCUT2D eigenvalue weighted by molar-refractivity contribution is -0.146. The minimum absolute atomic E-state index is 0.0744. The highest BCUT2D eigenvalue weighted by Gasteiger charge is 2.38. The van der Waals surface area contributed by atoms with E-state index < -0.39 is 30.1 Å². The summed E-state index contributed by atoms with van der Waals surface area (Å²) in [7, 11) is 0. The molecule has 244 valence electrons. The molecule has 1 aromatic heterocycles. The number of hydrogen-bond donors (Lipinski definition) is 3. The summed E-state index contributed by atoms with van der Waals surface area (Å²) in [6, 6.07) is 37.5. The highest BCUT2D eigenvalue weighted by molar-refractivity contribution is 5.96. The molecule has 0 spiro atoms. The summed E-state index contributed by atoms with van der Waals surface area (Å²) in [6.45, 7) is 3.56. The van der Waals surface area contributed by atoms with Gasteiger partial charge in [-0.1, -0.05) is 103 Å². The number of nitriles is 1. The van der Waals surface area contributed by atoms with E-state index in [2.05, 4.69) is 16.7 Å². The number of nitrogens with one attached hydrogen (secondary N) is 2. The van der Waals surface area contributed by atoms with Gasteiger partial charge in [0.1, 0.15) is 18.5 Å². The Bertz CT molecular complexity index is 2090. The summed E-state index contributed by atoms with van der Waals surface area (Å²) in [6.07, 6.45) is 0.224. The molecular formula is C40H35N5O4. The van der Waals surface area contributed by atoms with Gasteiger partial charge in [0.25, 0.3) is 0 Å². The van der Waals surface area contributed by atoms with Gasteiger partial charge in [0.2, 0.25) is 0 Å². The summed E-state index contributed by atoms with van der Waals surface area (Å²) in [5, 5.41) is 17.0. The Hall–Kier alpha value is -6.40. The molecule has 0 radical (unpaired) electrons. The van der Waals surface area contributed by atoms with Gasteiger partial charge < -0.3 is 25.8 Å². The average Bonchev–Trinajstić information content (AvgIpc) is 3.13. The van der Waals surface area contributed by atoms with E-state index in [1.165, 1.54) is 0 Å². The number of fused-ring (bicyclic) bond motifs is 1. The minimum Gasteiger partial charge on any atom is -0.452 e. The van der Waals surface area contributed by atoms with E-state index in [-0.39, 0.29) is 18.0 Å². The summed E-state index contributed by atoms with van der Waals surface area (Å²) in [4.78, 5) is 31.9. The standard InChI is InChI=1S/C40H35N5O4/c1-25-33(22-41)35(31-19-12-20-34-32(31)21-30(23-43-34)28-15-8-4-9-16-28)36(38(42)44-25)39(46)49-37(29-17-10-5-11-18-29)26(2)45-40(47)48-24-27-13-6-3-7-14-27/h3-21,23,26,35,37,44H,24,42H2,1-2H3,(H,45,47)/t26-,35?,37+/m1/s1. The van der Waals surface area contributed by atoms with Gasteiger partial charge in [0, 0.05) is 22.8 Å². The van der Waals surface area contributed by atoms with Crippen molar-refractivity contribution in [3.8, 4) is 17.2 Å². The summed E-state index contributed by atoms with van der Waals surface area (Å²) >= 11 is 0. The number of carbonyl (C=O) groups is 2. The van der Waals surface area contributed by atoms with Gasteiger partial charge in [-0.3, -0.25) is 4.98 Å². The highest BCUT2D eigenvalue weighted by atomic mass is 16.6. The monoisotopic (exact) mass is 649 g/mol. The first-order valence-electron chi connectivity index (χ1n) is 15.9. The van der Waals surface area contributed by atoms with E-state index in [0.29, 0.717) is 27.9 Å². The number of ether oxygens (including phenoxy) is 2. The SMILES string of the molecule is CC1=C(C#N)C(c2cccc3ncc(-c4ccccc4)cc23)C(C(=O)O[C@H](c2ccccc2)[C@@H](C)NC(=O)OCc2ccccc2)=C(N)N1. The minimum atomic E-state index is -0.921. The molecule has 5 aromatic rings. The number of rotatable bonds is 9. The van der Waals surface area contributed by atoms with Gasteiger partial charge in [0.15, 0.2) is 0 Å². The van der Waals surface area contributed by atoms with Crippen LogP contribution in [0.2, 0.25) is 0 Å². The number of aromatic nitrogens is 1. The number of nitrogens with two attached hydrogens (primary N) is 1. The molecule has 0 saturated carbocycles. The maximum atomic E-state index is 14.4. The third-order valence-electron chi connectivity index (χ3n) is 8.49. The first-order chi connectivity index (χ1) is 23.8. The molecule has 1 aliphatic rings. The maximum Gasteiger partial charge on any atom is 0.407 e. The number of allylic oxidation sites excluding steroid dienone is 2. The normalized spacial score (nSPS) is 15.5. The zero-order valence-corrected chi connectivity index (χ0v) is 27.1. The summed E-state index contributed by atoms with van der Waals surface area (Å²) in [5.41, 5.74) is 12.2. The van der Waals surface area contributed by atoms with Crippen molar-refractivity contribution in [1.29, 1.82) is 5.26 Å². The Morgan fingerprint density at radius 2 is 1.61 bits per heavy atom. The van der Waals surface area contributed by atoms with Crippen molar-refractivity contribution < 1.29 is 19.1 Å². The van der Waals surface area contributed by atoms with Gasteiger partial charge >= 0.3 is 12.1 Å². The lowest BCUT2D eigenvalue weighted by Gasteiger charge is -2.31. The molecule has 0 fully saturated rings. The van der Waals surface area contributed by atoms with Crippen LogP contribution in [-0.2, 0) is 20.9 Å². The average molecular weight is 650 g/mol. The second kappa shape index (κ2) is 14.6. The fraction of sp³-hybridized carbons (Fsp3) is 0.150. The van der Waals surface area contributed by atoms with Crippen LogP contribution in [0.5, 0.6) is 0 Å². The van der Waals surface area contributed by atoms with E-state index in [1.807, 2.05) is 115 Å². The number of alkyl carbamates (subject to hydrolysis) is 1. The van der Waals surface area contributed by atoms with Crippen molar-refractivity contribution in [1.82, 2.24) is 15.6 Å². The van der Waals surface area contributed by atoms with Gasteiger partial charge in [-0.25, -0.2) is 9.59 Å². The van der Waals surface area contributed by atoms with E-state index in [4.69, 9.17) is 20.2 Å². The molecule has 1 aliphatic heterocycles. The fourth-order valence-corrected chi connectivity index (χ4v) is 6.06. The lowest BCUT2D eigenvalue weighted by Crippen LogP contribution is -2.40. The number of carbonyl (C=O) groups excluding carboxylic acids is 2. The topological polar surface area (TPSA) is 139 Å². The quantitative estimate of drug-likeness (QED) is 0.143. The Labute approximate surface area is 284 Å². The molecule has 9 nitrogen and oxygen atoms in total. The van der Waals surface area contributed by atoms with Crippen LogP contribution in [0.4, 0.5) is 4.79 Å². The Balaban J connectivity index is 1.34. The second-order valence-electron chi connectivity index (χ2n) is 11.8. The number of hydrogen-bond acceptors (Lipinski definition) is 8. The van der Waals surface area contributed by atoms with Crippen molar-refractivity contribution in [2.24, 2.45) is 5.73 Å². The summed E-state index contributed by atoms with van der Waals surface area (Å²) < 4.78 is 11.7. The van der Waals surface area contributed by atoms with Crippen molar-refractivity contribution in [2.45, 2.75) is 38.5 Å².